The van der Waals surface area contributed by atoms with Crippen LogP contribution in [0.3, 0.4) is 0 Å². The van der Waals surface area contributed by atoms with Gasteiger partial charge in [0, 0.05) is 18.8 Å². The highest BCUT2D eigenvalue weighted by atomic mass is 16.4. The van der Waals surface area contributed by atoms with E-state index in [4.69, 9.17) is 15.3 Å². The van der Waals surface area contributed by atoms with Crippen molar-refractivity contribution in [3.8, 4) is 0 Å². The number of rotatable bonds is 24. The molecule has 0 amide bonds. The van der Waals surface area contributed by atoms with E-state index in [9.17, 15) is 9.59 Å². The summed E-state index contributed by atoms with van der Waals surface area (Å²) in [6, 6.07) is 0. The number of hydrogen-bond acceptors (Lipinski definition) is 3. The predicted molar refractivity (Wildman–Crippen MR) is 150 cm³/mol. The van der Waals surface area contributed by atoms with Gasteiger partial charge in [-0.25, -0.2) is 9.59 Å². The maximum absolute atomic E-state index is 9.25. The number of carbonyl (C=O) groups is 2. The number of aliphatic carboxylic acids is 2. The van der Waals surface area contributed by atoms with Gasteiger partial charge < -0.3 is 15.3 Å². The normalized spacial score (nSPS) is 9.89. The van der Waals surface area contributed by atoms with Gasteiger partial charge in [-0.1, -0.05) is 155 Å². The van der Waals surface area contributed by atoms with Gasteiger partial charge in [-0.05, 0) is 6.42 Å². The number of carboxylic acid groups (broad SMARTS) is 2. The summed E-state index contributed by atoms with van der Waals surface area (Å²) in [7, 11) is 0. The van der Waals surface area contributed by atoms with E-state index in [1.54, 1.807) is 0 Å². The van der Waals surface area contributed by atoms with E-state index in [0.717, 1.165) is 18.6 Å². The van der Waals surface area contributed by atoms with E-state index in [1.807, 2.05) is 0 Å². The topological polar surface area (TPSA) is 94.8 Å². The Labute approximate surface area is 217 Å². The first-order valence-corrected chi connectivity index (χ1v) is 14.3. The Kier molecular flexibility index (Phi) is 40.0. The summed E-state index contributed by atoms with van der Waals surface area (Å²) in [5.41, 5.74) is 0. The highest BCUT2D eigenvalue weighted by Crippen LogP contribution is 2.15. The lowest BCUT2D eigenvalue weighted by molar-refractivity contribution is -0.132. The molecule has 208 valence electrons. The summed E-state index contributed by atoms with van der Waals surface area (Å²) in [5, 5.41) is 23.9. The fraction of sp³-hybridized carbons (Fsp3) is 0.800. The minimum atomic E-state index is -0.981. The van der Waals surface area contributed by atoms with Crippen LogP contribution >= 0.6 is 0 Å². The molecule has 0 unspecified atom stereocenters. The van der Waals surface area contributed by atoms with Crippen LogP contribution in [0.5, 0.6) is 0 Å². The quantitative estimate of drug-likeness (QED) is 0.0911. The van der Waals surface area contributed by atoms with Crippen LogP contribution in [0.4, 0.5) is 0 Å². The van der Waals surface area contributed by atoms with Crippen molar-refractivity contribution in [3.63, 3.8) is 0 Å². The Bertz CT molecular complexity index is 408. The van der Waals surface area contributed by atoms with Gasteiger partial charge in [-0.2, -0.15) is 0 Å². The second-order valence-corrected chi connectivity index (χ2v) is 9.23. The van der Waals surface area contributed by atoms with Crippen LogP contribution in [0.2, 0.25) is 0 Å². The van der Waals surface area contributed by atoms with Crippen molar-refractivity contribution < 1.29 is 24.9 Å². The summed E-state index contributed by atoms with van der Waals surface area (Å²) >= 11 is 0. The molecule has 0 aromatic carbocycles. The van der Waals surface area contributed by atoms with Gasteiger partial charge in [0.05, 0.1) is 0 Å². The van der Waals surface area contributed by atoms with Crippen LogP contribution in [-0.2, 0) is 9.59 Å². The molecule has 0 aliphatic heterocycles. The molecule has 5 nitrogen and oxygen atoms in total. The molecule has 0 spiro atoms. The molecule has 0 saturated carbocycles. The van der Waals surface area contributed by atoms with Crippen LogP contribution in [-0.4, -0.2) is 33.9 Å². The number of aliphatic hydroxyl groups excluding tert-OH is 1. The molecule has 5 heteroatoms. The molecular formula is C30H58O5. The predicted octanol–water partition coefficient (Wildman–Crippen LogP) is 9.09. The van der Waals surface area contributed by atoms with Crippen molar-refractivity contribution in [3.05, 3.63) is 25.3 Å². The first-order chi connectivity index (χ1) is 17.0. The molecule has 0 fully saturated rings. The molecule has 35 heavy (non-hydrogen) atoms. The third-order valence-corrected chi connectivity index (χ3v) is 5.86. The van der Waals surface area contributed by atoms with Gasteiger partial charge in [-0.15, -0.1) is 0 Å². The lowest BCUT2D eigenvalue weighted by Gasteiger charge is -2.04. The fourth-order valence-electron chi connectivity index (χ4n) is 3.72. The van der Waals surface area contributed by atoms with Crippen molar-refractivity contribution >= 4 is 11.9 Å². The van der Waals surface area contributed by atoms with Gasteiger partial charge >= 0.3 is 11.9 Å². The molecule has 0 aliphatic rings. The van der Waals surface area contributed by atoms with Crippen LogP contribution < -0.4 is 0 Å². The van der Waals surface area contributed by atoms with Crippen molar-refractivity contribution in [2.75, 3.05) is 6.61 Å². The monoisotopic (exact) mass is 498 g/mol. The molecule has 0 radical (unpaired) electrons. The zero-order valence-corrected chi connectivity index (χ0v) is 23.0. The van der Waals surface area contributed by atoms with Gasteiger partial charge in [0.2, 0.25) is 0 Å². The molecular weight excluding hydrogens is 440 g/mol. The summed E-state index contributed by atoms with van der Waals surface area (Å²) in [5.74, 6) is -1.96. The zero-order chi connectivity index (χ0) is 26.8. The highest BCUT2D eigenvalue weighted by Gasteiger charge is 1.95. The standard InChI is InChI=1S/C24H50O.2C3H4O2/c1-2-3-4-5-6-7-8-9-10-11-12-13-14-15-16-17-18-19-20-21-22-23-24-25;2*1-2-3(4)5/h25H,2-24H2,1H3;2*2H,1H2,(H,4,5). The molecule has 0 aromatic heterocycles. The summed E-state index contributed by atoms with van der Waals surface area (Å²) in [6.45, 7) is 8.59. The highest BCUT2D eigenvalue weighted by molar-refractivity contribution is 5.79. The number of hydrogen-bond donors (Lipinski definition) is 3. The molecule has 0 rings (SSSR count). The van der Waals surface area contributed by atoms with Crippen LogP contribution in [0, 0.1) is 0 Å². The average Bonchev–Trinajstić information content (AvgIpc) is 2.85. The lowest BCUT2D eigenvalue weighted by Crippen LogP contribution is -1.85. The van der Waals surface area contributed by atoms with Gasteiger partial charge in [0.1, 0.15) is 0 Å². The Hall–Kier alpha value is -1.62. The molecule has 0 atom stereocenters. The first-order valence-electron chi connectivity index (χ1n) is 14.3. The number of unbranched alkanes of at least 4 members (excludes halogenated alkanes) is 21. The Balaban J connectivity index is -0.000000853. The largest absolute Gasteiger partial charge is 0.478 e. The van der Waals surface area contributed by atoms with E-state index < -0.39 is 11.9 Å². The Morgan fingerprint density at radius 3 is 0.800 bits per heavy atom. The van der Waals surface area contributed by atoms with Crippen LogP contribution in [0.15, 0.2) is 25.3 Å². The smallest absolute Gasteiger partial charge is 0.327 e. The second kappa shape index (κ2) is 36.9. The Morgan fingerprint density at radius 1 is 0.486 bits per heavy atom. The van der Waals surface area contributed by atoms with Crippen LogP contribution in [0.1, 0.15) is 148 Å². The maximum Gasteiger partial charge on any atom is 0.327 e. The SMILES string of the molecule is C=CC(=O)O.C=CC(=O)O.CCCCCCCCCCCCCCCCCCCCCCCCO. The summed E-state index contributed by atoms with van der Waals surface area (Å²) in [4.78, 5) is 18.5. The van der Waals surface area contributed by atoms with E-state index in [-0.39, 0.29) is 0 Å². The molecule has 0 bridgehead atoms. The Morgan fingerprint density at radius 2 is 0.657 bits per heavy atom. The molecule has 0 saturated heterocycles. The zero-order valence-electron chi connectivity index (χ0n) is 23.0. The maximum atomic E-state index is 9.25. The lowest BCUT2D eigenvalue weighted by atomic mass is 10.0. The van der Waals surface area contributed by atoms with Crippen molar-refractivity contribution in [2.45, 2.75) is 148 Å². The minimum absolute atomic E-state index is 0.374. The summed E-state index contributed by atoms with van der Waals surface area (Å²) < 4.78 is 0. The van der Waals surface area contributed by atoms with E-state index in [2.05, 4.69) is 20.1 Å². The third-order valence-electron chi connectivity index (χ3n) is 5.86. The molecule has 0 aliphatic carbocycles. The first kappa shape index (κ1) is 37.9. The van der Waals surface area contributed by atoms with E-state index in [1.165, 1.54) is 135 Å². The molecule has 0 heterocycles. The second-order valence-electron chi connectivity index (χ2n) is 9.23. The van der Waals surface area contributed by atoms with Gasteiger partial charge in [-0.3, -0.25) is 0 Å². The van der Waals surface area contributed by atoms with E-state index in [0.29, 0.717) is 6.61 Å². The summed E-state index contributed by atoms with van der Waals surface area (Å²) in [6.07, 6.45) is 32.8. The van der Waals surface area contributed by atoms with Crippen molar-refractivity contribution in [1.82, 2.24) is 0 Å². The van der Waals surface area contributed by atoms with Crippen molar-refractivity contribution in [2.24, 2.45) is 0 Å². The van der Waals surface area contributed by atoms with Crippen LogP contribution in [0.25, 0.3) is 0 Å². The number of aliphatic hydroxyl groups is 1. The van der Waals surface area contributed by atoms with Gasteiger partial charge in [0.15, 0.2) is 0 Å². The van der Waals surface area contributed by atoms with Crippen molar-refractivity contribution in [1.29, 1.82) is 0 Å². The molecule has 3 N–H and O–H groups in total. The molecule has 0 aromatic rings. The van der Waals surface area contributed by atoms with E-state index >= 15 is 0 Å². The van der Waals surface area contributed by atoms with Gasteiger partial charge in [0.25, 0.3) is 0 Å². The average molecular weight is 499 g/mol. The minimum Gasteiger partial charge on any atom is -0.478 e. The third kappa shape index (κ3) is 50.3. The fourth-order valence-corrected chi connectivity index (χ4v) is 3.72. The number of carboxylic acids is 2.